The fraction of sp³-hybridized carbons (Fsp3) is 0.429. The molecule has 15 heteroatoms. The lowest BCUT2D eigenvalue weighted by atomic mass is 9.96. The molecule has 1 N–H and O–H groups in total. The Hall–Kier alpha value is -4.53. The second-order valence-electron chi connectivity index (χ2n) is 9.71. The van der Waals surface area contributed by atoms with Gasteiger partial charge in [0.2, 0.25) is 0 Å². The van der Waals surface area contributed by atoms with E-state index in [-0.39, 0.29) is 30.0 Å². The zero-order chi connectivity index (χ0) is 31.6. The van der Waals surface area contributed by atoms with Crippen molar-refractivity contribution in [2.75, 3.05) is 20.3 Å². The maximum atomic E-state index is 14.2. The molecule has 1 unspecified atom stereocenters. The molecule has 0 spiro atoms. The number of rotatable bonds is 7. The molecule has 1 saturated heterocycles. The minimum Gasteiger partial charge on any atom is -0.464 e. The molecule has 0 bridgehead atoms. The van der Waals surface area contributed by atoms with E-state index >= 15 is 0 Å². The van der Waals surface area contributed by atoms with E-state index in [1.165, 1.54) is 31.2 Å². The zero-order valence-corrected chi connectivity index (χ0v) is 25.0. The monoisotopic (exact) mass is 616 g/mol. The van der Waals surface area contributed by atoms with Gasteiger partial charge in [-0.25, -0.2) is 19.4 Å². The molecular weight excluding hydrogens is 584 g/mol. The Labute approximate surface area is 250 Å². The van der Waals surface area contributed by atoms with Crippen LogP contribution in [0.2, 0.25) is 0 Å². The van der Waals surface area contributed by atoms with Crippen molar-refractivity contribution in [2.45, 2.75) is 56.4 Å². The highest BCUT2D eigenvalue weighted by Crippen LogP contribution is 2.40. The molecule has 3 aliphatic rings. The van der Waals surface area contributed by atoms with E-state index in [1.807, 2.05) is 0 Å². The highest BCUT2D eigenvalue weighted by atomic mass is 32.2. The molecule has 6 atom stereocenters. The molecule has 0 aliphatic carbocycles. The van der Waals surface area contributed by atoms with Gasteiger partial charge in [-0.1, -0.05) is 30.4 Å². The summed E-state index contributed by atoms with van der Waals surface area (Å²) >= 11 is 0. The van der Waals surface area contributed by atoms with Crippen LogP contribution in [-0.2, 0) is 39.4 Å². The number of carbonyl (C=O) groups excluding carboxylic acids is 6. The summed E-state index contributed by atoms with van der Waals surface area (Å²) in [6.45, 7) is 5.99. The Morgan fingerprint density at radius 1 is 0.953 bits per heavy atom. The van der Waals surface area contributed by atoms with Crippen LogP contribution >= 0.6 is 0 Å². The van der Waals surface area contributed by atoms with Crippen molar-refractivity contribution in [1.82, 2.24) is 20.2 Å². The van der Waals surface area contributed by atoms with Crippen LogP contribution in [0.15, 0.2) is 53.8 Å². The minimum absolute atomic E-state index is 0.0142. The van der Waals surface area contributed by atoms with Gasteiger partial charge in [0.05, 0.1) is 37.2 Å². The number of carbonyl (C=O) groups is 6. The van der Waals surface area contributed by atoms with Crippen molar-refractivity contribution in [3.05, 3.63) is 59.3 Å². The lowest BCUT2D eigenvalue weighted by Gasteiger charge is -2.51. The van der Waals surface area contributed by atoms with E-state index in [0.29, 0.717) is 0 Å². The minimum atomic E-state index is -2.23. The zero-order valence-electron chi connectivity index (χ0n) is 24.2. The topological polar surface area (TPSA) is 169 Å². The van der Waals surface area contributed by atoms with Crippen molar-refractivity contribution in [1.29, 1.82) is 0 Å². The van der Waals surface area contributed by atoms with Crippen LogP contribution in [0.1, 0.15) is 38.1 Å². The van der Waals surface area contributed by atoms with Gasteiger partial charge in [0.25, 0.3) is 11.8 Å². The number of benzene rings is 1. The lowest BCUT2D eigenvalue weighted by molar-refractivity contribution is -0.150. The highest BCUT2D eigenvalue weighted by Gasteiger charge is 2.61. The van der Waals surface area contributed by atoms with Crippen molar-refractivity contribution >= 4 is 46.6 Å². The highest BCUT2D eigenvalue weighted by molar-refractivity contribution is 7.87. The lowest BCUT2D eigenvalue weighted by Crippen LogP contribution is -2.75. The molecule has 1 aromatic rings. The summed E-state index contributed by atoms with van der Waals surface area (Å²) in [6, 6.07) is 4.48. The summed E-state index contributed by atoms with van der Waals surface area (Å²) in [7, 11) is -1.14. The Morgan fingerprint density at radius 3 is 2.14 bits per heavy atom. The van der Waals surface area contributed by atoms with Crippen molar-refractivity contribution in [3.8, 4) is 0 Å². The van der Waals surface area contributed by atoms with E-state index < -0.39 is 75.3 Å². The Kier molecular flexibility index (Phi) is 9.33. The fourth-order valence-electron chi connectivity index (χ4n) is 5.16. The number of fused-ring (bicyclic) bond motifs is 1. The molecule has 43 heavy (non-hydrogen) atoms. The Balaban J connectivity index is 1.75. The number of esters is 1. The number of methoxy groups -OCH3 is 1. The van der Waals surface area contributed by atoms with Gasteiger partial charge >= 0.3 is 18.2 Å². The van der Waals surface area contributed by atoms with Gasteiger partial charge in [-0.3, -0.25) is 23.5 Å². The fourth-order valence-corrected chi connectivity index (χ4v) is 7.14. The molecule has 230 valence electrons. The number of hydrazine groups is 1. The second kappa shape index (κ2) is 12.8. The molecule has 3 aliphatic heterocycles. The first kappa shape index (κ1) is 31.4. The number of Topliss-reactive ketones (excluding diaryl/α,β-unsaturated/α-hetero) is 1. The molecule has 4 rings (SSSR count). The first-order chi connectivity index (χ1) is 20.5. The quantitative estimate of drug-likeness (QED) is 0.204. The SMILES string of the molecule is CCOC(=O)N1[C@@H](C)C=C[C@@H](C(=O)[C@@H]2C(C)=C(C(=O)OC)N3C(=O)[C@@H](NC(=O)c4ccccc4)[C@H]3S2=O)N1C(=O)OCC. The molecule has 1 aromatic carbocycles. The smallest absolute Gasteiger partial charge is 0.429 e. The molecule has 0 aromatic heterocycles. The number of hydrogen-bond donors (Lipinski definition) is 1. The molecule has 4 amide bonds. The van der Waals surface area contributed by atoms with Gasteiger partial charge in [-0.05, 0) is 45.4 Å². The normalized spacial score (nSPS) is 26.3. The number of amides is 4. The van der Waals surface area contributed by atoms with Crippen molar-refractivity contribution < 1.29 is 47.2 Å². The number of β-lactam (4-membered cyclic amide) rings is 1. The van der Waals surface area contributed by atoms with Crippen LogP contribution in [0, 0.1) is 0 Å². The summed E-state index contributed by atoms with van der Waals surface area (Å²) in [5.41, 5.74) is -0.0848. The van der Waals surface area contributed by atoms with E-state index in [1.54, 1.807) is 39.0 Å². The van der Waals surface area contributed by atoms with Gasteiger partial charge in [-0.15, -0.1) is 0 Å². The van der Waals surface area contributed by atoms with Crippen LogP contribution in [0.4, 0.5) is 9.59 Å². The largest absolute Gasteiger partial charge is 0.464 e. The number of ketones is 1. The van der Waals surface area contributed by atoms with Crippen LogP contribution in [0.3, 0.4) is 0 Å². The standard InChI is InChI=1S/C28H32N4O10S/c1-6-41-27(37)31-15(3)13-14-18(32(31)28(38)42-7-2)21(33)22-16(4)20(26(36)40-5)30-24(35)19(25(30)43(22)39)29-23(34)17-11-9-8-10-12-17/h8-15,18-19,22,25H,6-7H2,1-5H3,(H,29,34)/t15-,18-,19+,22-,25+,43?/m0/s1. The first-order valence-electron chi connectivity index (χ1n) is 13.5. The van der Waals surface area contributed by atoms with E-state index in [9.17, 15) is 33.0 Å². The number of nitrogens with zero attached hydrogens (tertiary/aromatic N) is 3. The van der Waals surface area contributed by atoms with Crippen molar-refractivity contribution in [3.63, 3.8) is 0 Å². The number of hydrogen-bond acceptors (Lipinski definition) is 10. The van der Waals surface area contributed by atoms with E-state index in [4.69, 9.17) is 14.2 Å². The summed E-state index contributed by atoms with van der Waals surface area (Å²) in [4.78, 5) is 80.2. The van der Waals surface area contributed by atoms with Gasteiger partial charge in [0.15, 0.2) is 5.78 Å². The average Bonchev–Trinajstić information content (AvgIpc) is 2.99. The van der Waals surface area contributed by atoms with Crippen molar-refractivity contribution in [2.24, 2.45) is 0 Å². The van der Waals surface area contributed by atoms with Gasteiger partial charge in [0.1, 0.15) is 28.4 Å². The molecule has 3 heterocycles. The summed E-state index contributed by atoms with van der Waals surface area (Å²) in [5, 5.41) is 1.44. The summed E-state index contributed by atoms with van der Waals surface area (Å²) in [6.07, 6.45) is 0.921. The van der Waals surface area contributed by atoms with E-state index in [0.717, 1.165) is 22.0 Å². The average molecular weight is 617 g/mol. The van der Waals surface area contributed by atoms with Crippen LogP contribution in [0.5, 0.6) is 0 Å². The van der Waals surface area contributed by atoms with Gasteiger partial charge in [0, 0.05) is 5.56 Å². The Bertz CT molecular complexity index is 1430. The van der Waals surface area contributed by atoms with E-state index in [2.05, 4.69) is 5.32 Å². The molecule has 0 saturated carbocycles. The van der Waals surface area contributed by atoms with Crippen LogP contribution < -0.4 is 5.32 Å². The third-order valence-electron chi connectivity index (χ3n) is 7.14. The third kappa shape index (κ3) is 5.51. The number of nitrogens with one attached hydrogen (secondary N) is 1. The Morgan fingerprint density at radius 2 is 1.56 bits per heavy atom. The maximum Gasteiger partial charge on any atom is 0.429 e. The van der Waals surface area contributed by atoms with Gasteiger partial charge in [-0.2, -0.15) is 5.01 Å². The summed E-state index contributed by atoms with van der Waals surface area (Å²) < 4.78 is 29.2. The molecular formula is C28H32N4O10S. The summed E-state index contributed by atoms with van der Waals surface area (Å²) in [5.74, 6) is -3.11. The van der Waals surface area contributed by atoms with Crippen LogP contribution in [-0.4, -0.2) is 104 Å². The predicted molar refractivity (Wildman–Crippen MR) is 150 cm³/mol. The predicted octanol–water partition coefficient (Wildman–Crippen LogP) is 1.26. The first-order valence-corrected chi connectivity index (χ1v) is 14.8. The molecule has 1 fully saturated rings. The second-order valence-corrected chi connectivity index (χ2v) is 11.3. The van der Waals surface area contributed by atoms with Gasteiger partial charge < -0.3 is 19.5 Å². The molecule has 14 nitrogen and oxygen atoms in total. The molecule has 0 radical (unpaired) electrons. The number of ether oxygens (including phenoxy) is 3. The third-order valence-corrected chi connectivity index (χ3v) is 9.14. The van der Waals surface area contributed by atoms with Crippen LogP contribution in [0.25, 0.3) is 0 Å². The maximum absolute atomic E-state index is 14.2.